The molecule has 0 saturated carbocycles. The van der Waals surface area contributed by atoms with E-state index in [9.17, 15) is 9.90 Å². The number of halogens is 1. The summed E-state index contributed by atoms with van der Waals surface area (Å²) in [5.74, 6) is -0.335. The van der Waals surface area contributed by atoms with Gasteiger partial charge < -0.3 is 20.9 Å². The normalized spacial score (nSPS) is 10.1. The van der Waals surface area contributed by atoms with Crippen molar-refractivity contribution in [1.29, 1.82) is 0 Å². The van der Waals surface area contributed by atoms with Crippen molar-refractivity contribution in [3.05, 3.63) is 46.4 Å². The molecule has 0 bridgehead atoms. The molecule has 2 rings (SSSR count). The van der Waals surface area contributed by atoms with Crippen LogP contribution in [0.5, 0.6) is 5.75 Å². The van der Waals surface area contributed by atoms with Gasteiger partial charge in [0.25, 0.3) is 0 Å². The van der Waals surface area contributed by atoms with E-state index in [0.717, 1.165) is 10.2 Å². The third kappa shape index (κ3) is 3.03. The number of nitrogen functional groups attached to an aromatic ring is 1. The van der Waals surface area contributed by atoms with Gasteiger partial charge in [0.2, 0.25) is 0 Å². The molecular formula is C14H13BrN2O3. The quantitative estimate of drug-likeness (QED) is 0.744. The summed E-state index contributed by atoms with van der Waals surface area (Å²) in [6.45, 7) is 0. The highest BCUT2D eigenvalue weighted by molar-refractivity contribution is 9.10. The lowest BCUT2D eigenvalue weighted by atomic mass is 10.1. The topological polar surface area (TPSA) is 84.6 Å². The summed E-state index contributed by atoms with van der Waals surface area (Å²) in [7, 11) is 1.58. The predicted octanol–water partition coefficient (Wildman–Crippen LogP) is 3.48. The molecule has 0 aliphatic rings. The molecule has 0 heterocycles. The zero-order chi connectivity index (χ0) is 14.7. The van der Waals surface area contributed by atoms with Gasteiger partial charge in [-0.15, -0.1) is 0 Å². The van der Waals surface area contributed by atoms with Gasteiger partial charge >= 0.3 is 5.97 Å². The molecule has 20 heavy (non-hydrogen) atoms. The lowest BCUT2D eigenvalue weighted by Gasteiger charge is -2.12. The smallest absolute Gasteiger partial charge is 0.337 e. The van der Waals surface area contributed by atoms with Crippen molar-refractivity contribution in [3.8, 4) is 5.75 Å². The van der Waals surface area contributed by atoms with Crippen LogP contribution in [0.4, 0.5) is 17.1 Å². The molecule has 6 heteroatoms. The molecule has 0 atom stereocenters. The van der Waals surface area contributed by atoms with Crippen molar-refractivity contribution in [2.24, 2.45) is 0 Å². The van der Waals surface area contributed by atoms with Crippen molar-refractivity contribution >= 4 is 39.0 Å². The lowest BCUT2D eigenvalue weighted by molar-refractivity contribution is 0.0698. The number of rotatable bonds is 4. The van der Waals surface area contributed by atoms with Gasteiger partial charge in [-0.1, -0.05) is 0 Å². The SMILES string of the molecule is COc1ccc(Nc2ccc(N)cc2C(=O)O)cc1Br. The van der Waals surface area contributed by atoms with E-state index in [0.29, 0.717) is 17.1 Å². The number of anilines is 3. The Bertz CT molecular complexity index is 659. The minimum atomic E-state index is -1.03. The van der Waals surface area contributed by atoms with E-state index in [1.807, 2.05) is 0 Å². The van der Waals surface area contributed by atoms with Gasteiger partial charge in [-0.05, 0) is 52.3 Å². The number of nitrogens with one attached hydrogen (secondary N) is 1. The fourth-order valence-electron chi connectivity index (χ4n) is 1.75. The molecule has 2 aromatic carbocycles. The average molecular weight is 337 g/mol. The molecule has 0 aliphatic carbocycles. The number of ether oxygens (including phenoxy) is 1. The van der Waals surface area contributed by atoms with Crippen molar-refractivity contribution in [2.75, 3.05) is 18.2 Å². The first-order valence-electron chi connectivity index (χ1n) is 5.74. The Morgan fingerprint density at radius 1 is 1.30 bits per heavy atom. The number of hydrogen-bond acceptors (Lipinski definition) is 4. The molecule has 0 saturated heterocycles. The Labute approximate surface area is 124 Å². The number of benzene rings is 2. The highest BCUT2D eigenvalue weighted by Gasteiger charge is 2.11. The van der Waals surface area contributed by atoms with E-state index in [-0.39, 0.29) is 5.56 Å². The Kier molecular flexibility index (Phi) is 4.14. The largest absolute Gasteiger partial charge is 0.496 e. The van der Waals surface area contributed by atoms with Gasteiger partial charge in [0, 0.05) is 11.4 Å². The molecule has 5 nitrogen and oxygen atoms in total. The second-order valence-corrected chi connectivity index (χ2v) is 4.94. The first-order valence-corrected chi connectivity index (χ1v) is 6.54. The van der Waals surface area contributed by atoms with Gasteiger partial charge in [0.05, 0.1) is 22.8 Å². The zero-order valence-corrected chi connectivity index (χ0v) is 12.3. The molecule has 2 aromatic rings. The van der Waals surface area contributed by atoms with E-state index in [1.165, 1.54) is 6.07 Å². The molecule has 0 aliphatic heterocycles. The number of hydrogen-bond donors (Lipinski definition) is 3. The third-order valence-electron chi connectivity index (χ3n) is 2.70. The Morgan fingerprint density at radius 2 is 2.05 bits per heavy atom. The van der Waals surface area contributed by atoms with Gasteiger partial charge in [0.15, 0.2) is 0 Å². The summed E-state index contributed by atoms with van der Waals surface area (Å²) in [6.07, 6.45) is 0. The van der Waals surface area contributed by atoms with Gasteiger partial charge in [-0.25, -0.2) is 4.79 Å². The van der Waals surface area contributed by atoms with Gasteiger partial charge in [0.1, 0.15) is 5.75 Å². The van der Waals surface area contributed by atoms with Crippen molar-refractivity contribution < 1.29 is 14.6 Å². The molecule has 0 amide bonds. The average Bonchev–Trinajstić information content (AvgIpc) is 2.41. The van der Waals surface area contributed by atoms with Crippen LogP contribution in [-0.2, 0) is 0 Å². The van der Waals surface area contributed by atoms with Crippen LogP contribution in [0.3, 0.4) is 0 Å². The number of nitrogens with two attached hydrogens (primary N) is 1. The minimum Gasteiger partial charge on any atom is -0.496 e. The van der Waals surface area contributed by atoms with E-state index in [1.54, 1.807) is 37.4 Å². The van der Waals surface area contributed by atoms with E-state index < -0.39 is 5.97 Å². The van der Waals surface area contributed by atoms with Crippen LogP contribution in [0, 0.1) is 0 Å². The summed E-state index contributed by atoms with van der Waals surface area (Å²) in [5, 5.41) is 12.2. The second-order valence-electron chi connectivity index (χ2n) is 4.08. The number of methoxy groups -OCH3 is 1. The van der Waals surface area contributed by atoms with Crippen LogP contribution in [0.2, 0.25) is 0 Å². The van der Waals surface area contributed by atoms with E-state index in [2.05, 4.69) is 21.2 Å². The van der Waals surface area contributed by atoms with Crippen LogP contribution in [0.25, 0.3) is 0 Å². The Balaban J connectivity index is 2.35. The monoisotopic (exact) mass is 336 g/mol. The minimum absolute atomic E-state index is 0.122. The lowest BCUT2D eigenvalue weighted by Crippen LogP contribution is -2.04. The predicted molar refractivity (Wildman–Crippen MR) is 81.8 cm³/mol. The molecule has 0 radical (unpaired) electrons. The molecule has 104 valence electrons. The van der Waals surface area contributed by atoms with Crippen LogP contribution in [-0.4, -0.2) is 18.2 Å². The van der Waals surface area contributed by atoms with Crippen LogP contribution in [0.15, 0.2) is 40.9 Å². The summed E-state index contributed by atoms with van der Waals surface area (Å²) in [6, 6.07) is 10.1. The van der Waals surface area contributed by atoms with Crippen LogP contribution < -0.4 is 15.8 Å². The fraction of sp³-hybridized carbons (Fsp3) is 0.0714. The Hall–Kier alpha value is -2.21. The molecule has 0 fully saturated rings. The summed E-state index contributed by atoms with van der Waals surface area (Å²) in [4.78, 5) is 11.2. The molecule has 0 aromatic heterocycles. The van der Waals surface area contributed by atoms with E-state index in [4.69, 9.17) is 10.5 Å². The summed E-state index contributed by atoms with van der Waals surface area (Å²) >= 11 is 3.38. The number of carboxylic acid groups (broad SMARTS) is 1. The van der Waals surface area contributed by atoms with Gasteiger partial charge in [-0.2, -0.15) is 0 Å². The molecule has 0 spiro atoms. The molecule has 4 N–H and O–H groups in total. The first-order chi connectivity index (χ1) is 9.51. The standard InChI is InChI=1S/C14H13BrN2O3/c1-20-13-5-3-9(7-11(13)15)17-12-4-2-8(16)6-10(12)14(18)19/h2-7,17H,16H2,1H3,(H,18,19). The van der Waals surface area contributed by atoms with E-state index >= 15 is 0 Å². The summed E-state index contributed by atoms with van der Waals surface area (Å²) < 4.78 is 5.92. The maximum absolute atomic E-state index is 11.2. The van der Waals surface area contributed by atoms with Crippen molar-refractivity contribution in [2.45, 2.75) is 0 Å². The van der Waals surface area contributed by atoms with Gasteiger partial charge in [-0.3, -0.25) is 0 Å². The maximum Gasteiger partial charge on any atom is 0.337 e. The second kappa shape index (κ2) is 5.83. The third-order valence-corrected chi connectivity index (χ3v) is 3.32. The Morgan fingerprint density at radius 3 is 2.65 bits per heavy atom. The van der Waals surface area contributed by atoms with Crippen molar-refractivity contribution in [3.63, 3.8) is 0 Å². The number of carbonyl (C=O) groups is 1. The maximum atomic E-state index is 11.2. The molecular weight excluding hydrogens is 324 g/mol. The highest BCUT2D eigenvalue weighted by Crippen LogP contribution is 2.30. The molecule has 0 unspecified atom stereocenters. The number of aromatic carboxylic acids is 1. The van der Waals surface area contributed by atoms with Crippen molar-refractivity contribution in [1.82, 2.24) is 0 Å². The van der Waals surface area contributed by atoms with Crippen LogP contribution >= 0.6 is 15.9 Å². The first kappa shape index (κ1) is 14.2. The summed E-state index contributed by atoms with van der Waals surface area (Å²) in [5.41, 5.74) is 7.35. The number of carboxylic acids is 1. The van der Waals surface area contributed by atoms with Crippen LogP contribution in [0.1, 0.15) is 10.4 Å². The zero-order valence-electron chi connectivity index (χ0n) is 10.7. The highest BCUT2D eigenvalue weighted by atomic mass is 79.9. The fourth-order valence-corrected chi connectivity index (χ4v) is 2.29.